The number of nitrogens with one attached hydrogen (secondary N) is 1. The summed E-state index contributed by atoms with van der Waals surface area (Å²) in [4.78, 5) is 11.9. The van der Waals surface area contributed by atoms with Gasteiger partial charge in [0.15, 0.2) is 6.61 Å². The van der Waals surface area contributed by atoms with Crippen molar-refractivity contribution >= 4 is 11.6 Å². The number of carbonyl (C=O) groups is 1. The minimum absolute atomic E-state index is 0.0899. The first kappa shape index (κ1) is 14.2. The Bertz CT molecular complexity index is 499. The molecule has 106 valence electrons. The number of ether oxygens (including phenoxy) is 1. The minimum atomic E-state index is -0.709. The van der Waals surface area contributed by atoms with E-state index in [2.05, 4.69) is 11.4 Å². The summed E-state index contributed by atoms with van der Waals surface area (Å²) in [6.45, 7) is -0.0899. The van der Waals surface area contributed by atoms with E-state index in [1.165, 1.54) is 0 Å². The summed E-state index contributed by atoms with van der Waals surface area (Å²) in [7, 11) is 0. The number of amides is 1. The maximum atomic E-state index is 11.9. The number of anilines is 1. The zero-order valence-electron chi connectivity index (χ0n) is 11.4. The number of hydrogen-bond donors (Lipinski definition) is 2. The maximum absolute atomic E-state index is 11.9. The van der Waals surface area contributed by atoms with Gasteiger partial charge in [-0.25, -0.2) is 0 Å². The Hall–Kier alpha value is -2.22. The fourth-order valence-corrected chi connectivity index (χ4v) is 2.44. The molecule has 0 unspecified atom stereocenters. The lowest BCUT2D eigenvalue weighted by molar-refractivity contribution is -0.124. The average Bonchev–Trinajstić information content (AvgIpc) is 2.47. The van der Waals surface area contributed by atoms with Gasteiger partial charge < -0.3 is 15.8 Å². The highest BCUT2D eigenvalue weighted by atomic mass is 16.5. The normalized spacial score (nSPS) is 16.9. The van der Waals surface area contributed by atoms with Crippen LogP contribution in [0.2, 0.25) is 0 Å². The van der Waals surface area contributed by atoms with Gasteiger partial charge in [-0.3, -0.25) is 4.79 Å². The van der Waals surface area contributed by atoms with Crippen LogP contribution in [0.1, 0.15) is 32.1 Å². The van der Waals surface area contributed by atoms with Gasteiger partial charge in [-0.15, -0.1) is 0 Å². The predicted octanol–water partition coefficient (Wildman–Crippen LogP) is 1.99. The summed E-state index contributed by atoms with van der Waals surface area (Å²) in [5.74, 6) is 0.328. The lowest BCUT2D eigenvalue weighted by atomic mass is 9.83. The Morgan fingerprint density at radius 2 is 1.95 bits per heavy atom. The molecule has 1 aromatic carbocycles. The first-order valence-corrected chi connectivity index (χ1v) is 6.84. The fourth-order valence-electron chi connectivity index (χ4n) is 2.44. The van der Waals surface area contributed by atoms with Crippen molar-refractivity contribution in [2.75, 3.05) is 12.3 Å². The van der Waals surface area contributed by atoms with Gasteiger partial charge in [0.05, 0.1) is 6.07 Å². The number of nitriles is 1. The smallest absolute Gasteiger partial charge is 0.259 e. The zero-order chi connectivity index (χ0) is 14.4. The van der Waals surface area contributed by atoms with E-state index in [0.29, 0.717) is 11.4 Å². The summed E-state index contributed by atoms with van der Waals surface area (Å²) in [6.07, 6.45) is 4.52. The second kappa shape index (κ2) is 6.29. The monoisotopic (exact) mass is 273 g/mol. The largest absolute Gasteiger partial charge is 0.484 e. The molecule has 0 bridgehead atoms. The topological polar surface area (TPSA) is 88.1 Å². The van der Waals surface area contributed by atoms with Crippen LogP contribution in [0.3, 0.4) is 0 Å². The number of benzene rings is 1. The van der Waals surface area contributed by atoms with Gasteiger partial charge in [-0.1, -0.05) is 19.3 Å². The molecule has 0 spiro atoms. The number of nitrogen functional groups attached to an aromatic ring is 1. The molecule has 5 heteroatoms. The third kappa shape index (κ3) is 3.64. The van der Waals surface area contributed by atoms with E-state index >= 15 is 0 Å². The number of hydrogen-bond acceptors (Lipinski definition) is 4. The van der Waals surface area contributed by atoms with Crippen LogP contribution in [0.25, 0.3) is 0 Å². The van der Waals surface area contributed by atoms with Crippen LogP contribution in [-0.2, 0) is 4.79 Å². The molecule has 20 heavy (non-hydrogen) atoms. The van der Waals surface area contributed by atoms with Gasteiger partial charge >= 0.3 is 0 Å². The number of nitrogens with two attached hydrogens (primary N) is 1. The van der Waals surface area contributed by atoms with Gasteiger partial charge in [0, 0.05) is 5.69 Å². The van der Waals surface area contributed by atoms with Crippen LogP contribution in [0.15, 0.2) is 24.3 Å². The third-order valence-electron chi connectivity index (χ3n) is 3.55. The molecule has 2 rings (SSSR count). The summed E-state index contributed by atoms with van der Waals surface area (Å²) >= 11 is 0. The predicted molar refractivity (Wildman–Crippen MR) is 75.9 cm³/mol. The van der Waals surface area contributed by atoms with Gasteiger partial charge in [-0.2, -0.15) is 5.26 Å². The number of carbonyl (C=O) groups excluding carboxylic acids is 1. The molecule has 0 aliphatic heterocycles. The van der Waals surface area contributed by atoms with Crippen molar-refractivity contribution in [3.63, 3.8) is 0 Å². The highest BCUT2D eigenvalue weighted by Gasteiger charge is 2.33. The molecular formula is C15H19N3O2. The van der Waals surface area contributed by atoms with Crippen molar-refractivity contribution in [3.05, 3.63) is 24.3 Å². The highest BCUT2D eigenvalue weighted by Crippen LogP contribution is 2.27. The lowest BCUT2D eigenvalue weighted by Gasteiger charge is -2.31. The second-order valence-electron chi connectivity index (χ2n) is 5.16. The van der Waals surface area contributed by atoms with E-state index in [4.69, 9.17) is 10.5 Å². The van der Waals surface area contributed by atoms with Crippen molar-refractivity contribution in [1.29, 1.82) is 5.26 Å². The lowest BCUT2D eigenvalue weighted by Crippen LogP contribution is -2.50. The molecule has 1 aromatic rings. The van der Waals surface area contributed by atoms with Gasteiger partial charge in [0.1, 0.15) is 11.3 Å². The first-order chi connectivity index (χ1) is 9.63. The molecule has 0 radical (unpaired) electrons. The van der Waals surface area contributed by atoms with E-state index in [9.17, 15) is 10.1 Å². The van der Waals surface area contributed by atoms with Crippen molar-refractivity contribution < 1.29 is 9.53 Å². The van der Waals surface area contributed by atoms with Crippen LogP contribution < -0.4 is 15.8 Å². The molecule has 1 aliphatic rings. The Kier molecular flexibility index (Phi) is 4.46. The minimum Gasteiger partial charge on any atom is -0.484 e. The van der Waals surface area contributed by atoms with Crippen LogP contribution in [0.4, 0.5) is 5.69 Å². The fraction of sp³-hybridized carbons (Fsp3) is 0.467. The zero-order valence-corrected chi connectivity index (χ0v) is 11.4. The van der Waals surface area contributed by atoms with Crippen molar-refractivity contribution in [2.24, 2.45) is 0 Å². The van der Waals surface area contributed by atoms with Crippen LogP contribution >= 0.6 is 0 Å². The van der Waals surface area contributed by atoms with E-state index in [0.717, 1.165) is 32.1 Å². The average molecular weight is 273 g/mol. The quantitative estimate of drug-likeness (QED) is 0.821. The molecule has 1 saturated carbocycles. The van der Waals surface area contributed by atoms with Crippen molar-refractivity contribution in [3.8, 4) is 11.8 Å². The molecule has 1 amide bonds. The van der Waals surface area contributed by atoms with E-state index in [1.807, 2.05) is 0 Å². The Balaban J connectivity index is 1.85. The van der Waals surface area contributed by atoms with Crippen LogP contribution in [0, 0.1) is 11.3 Å². The maximum Gasteiger partial charge on any atom is 0.259 e. The Labute approximate surface area is 118 Å². The first-order valence-electron chi connectivity index (χ1n) is 6.84. The molecule has 0 aromatic heterocycles. The third-order valence-corrected chi connectivity index (χ3v) is 3.55. The summed E-state index contributed by atoms with van der Waals surface area (Å²) < 4.78 is 5.38. The molecule has 3 N–H and O–H groups in total. The number of rotatable bonds is 4. The molecule has 1 fully saturated rings. The molecule has 1 aliphatic carbocycles. The molecule has 0 saturated heterocycles. The van der Waals surface area contributed by atoms with Gasteiger partial charge in [-0.05, 0) is 37.1 Å². The standard InChI is InChI=1S/C15H19N3O2/c16-11-15(8-2-1-3-9-15)18-14(19)10-20-13-6-4-12(17)5-7-13/h4-7H,1-3,8-10,17H2,(H,18,19). The number of nitrogens with zero attached hydrogens (tertiary/aromatic N) is 1. The van der Waals surface area contributed by atoms with Gasteiger partial charge in [0.2, 0.25) is 0 Å². The summed E-state index contributed by atoms with van der Waals surface area (Å²) in [5.41, 5.74) is 5.51. The second-order valence-corrected chi connectivity index (χ2v) is 5.16. The molecule has 5 nitrogen and oxygen atoms in total. The molecule has 0 heterocycles. The summed E-state index contributed by atoms with van der Waals surface area (Å²) in [5, 5.41) is 12.1. The SMILES string of the molecule is N#CC1(NC(=O)COc2ccc(N)cc2)CCCCC1. The summed E-state index contributed by atoms with van der Waals surface area (Å²) in [6, 6.07) is 9.10. The van der Waals surface area contributed by atoms with Crippen molar-refractivity contribution in [1.82, 2.24) is 5.32 Å². The molecular weight excluding hydrogens is 254 g/mol. The Morgan fingerprint density at radius 1 is 1.30 bits per heavy atom. The van der Waals surface area contributed by atoms with Gasteiger partial charge in [0.25, 0.3) is 5.91 Å². The van der Waals surface area contributed by atoms with E-state index in [-0.39, 0.29) is 12.5 Å². The van der Waals surface area contributed by atoms with Crippen LogP contribution in [-0.4, -0.2) is 18.1 Å². The Morgan fingerprint density at radius 3 is 2.55 bits per heavy atom. The highest BCUT2D eigenvalue weighted by molar-refractivity contribution is 5.78. The molecule has 0 atom stereocenters. The van der Waals surface area contributed by atoms with E-state index in [1.54, 1.807) is 24.3 Å². The van der Waals surface area contributed by atoms with Crippen LogP contribution in [0.5, 0.6) is 5.75 Å². The van der Waals surface area contributed by atoms with E-state index < -0.39 is 5.54 Å². The van der Waals surface area contributed by atoms with Crippen molar-refractivity contribution in [2.45, 2.75) is 37.6 Å².